The largest absolute Gasteiger partial charge is 0.478 e. The van der Waals surface area contributed by atoms with Crippen molar-refractivity contribution in [1.82, 2.24) is 14.1 Å². The van der Waals surface area contributed by atoms with E-state index in [2.05, 4.69) is 4.57 Å². The lowest BCUT2D eigenvalue weighted by Gasteiger charge is -2.00. The molecule has 0 radical (unpaired) electrons. The van der Waals surface area contributed by atoms with Gasteiger partial charge < -0.3 is 9.67 Å². The number of aryl methyl sites for hydroxylation is 1. The molecule has 0 aliphatic carbocycles. The second kappa shape index (κ2) is 5.49. The van der Waals surface area contributed by atoms with Crippen molar-refractivity contribution >= 4 is 28.0 Å². The number of aromatic nitrogens is 4. The lowest BCUT2D eigenvalue weighted by atomic mass is 10.3. The average molecular weight is 321 g/mol. The number of rotatable bonds is 4. The summed E-state index contributed by atoms with van der Waals surface area (Å²) >= 11 is 0. The molecule has 6 nitrogen and oxygen atoms in total. The number of aliphatic carboxylic acids is 1. The molecule has 4 rings (SSSR count). The summed E-state index contributed by atoms with van der Waals surface area (Å²) in [6.45, 7) is 0.522. The molecule has 0 amide bonds. The molecule has 0 atom stereocenters. The topological polar surface area (TPSA) is 63.9 Å². The number of para-hydroxylation sites is 4. The van der Waals surface area contributed by atoms with Crippen LogP contribution in [0, 0.1) is 0 Å². The third-order valence-corrected chi connectivity index (χ3v) is 4.28. The first-order valence-corrected chi connectivity index (χ1v) is 7.73. The quantitative estimate of drug-likeness (QED) is 0.584. The number of imidazole rings is 2. The zero-order valence-electron chi connectivity index (χ0n) is 13.3. The normalized spacial score (nSPS) is 11.4. The Kier molecular flexibility index (Phi) is 3.30. The first-order chi connectivity index (χ1) is 11.6. The lowest BCUT2D eigenvalue weighted by molar-refractivity contribution is -0.664. The molecule has 120 valence electrons. The van der Waals surface area contributed by atoms with E-state index < -0.39 is 5.97 Å². The number of hydrogen-bond acceptors (Lipinski definition) is 2. The van der Waals surface area contributed by atoms with Crippen molar-refractivity contribution in [1.29, 1.82) is 0 Å². The highest BCUT2D eigenvalue weighted by Gasteiger charge is 2.19. The minimum atomic E-state index is -0.856. The average Bonchev–Trinajstić information content (AvgIpc) is 3.07. The molecule has 6 heteroatoms. The fraction of sp³-hybridized carbons (Fsp3) is 0.167. The van der Waals surface area contributed by atoms with Gasteiger partial charge in [0.05, 0.1) is 11.0 Å². The van der Waals surface area contributed by atoms with Crippen LogP contribution >= 0.6 is 0 Å². The molecular formula is C18H17N4O2+. The van der Waals surface area contributed by atoms with E-state index in [1.165, 1.54) is 0 Å². The van der Waals surface area contributed by atoms with Crippen molar-refractivity contribution in [3.63, 3.8) is 0 Å². The first-order valence-electron chi connectivity index (χ1n) is 7.73. The second-order valence-electron chi connectivity index (χ2n) is 5.83. The number of hydrogen-bond donors (Lipinski definition) is 1. The molecule has 0 unspecified atom stereocenters. The molecule has 2 aromatic heterocycles. The van der Waals surface area contributed by atoms with Crippen LogP contribution in [-0.2, 0) is 24.9 Å². The van der Waals surface area contributed by atoms with Crippen LogP contribution in [-0.4, -0.2) is 25.2 Å². The third kappa shape index (κ3) is 2.32. The van der Waals surface area contributed by atoms with E-state index in [0.717, 1.165) is 27.9 Å². The highest BCUT2D eigenvalue weighted by atomic mass is 16.4. The Morgan fingerprint density at radius 2 is 1.83 bits per heavy atom. The summed E-state index contributed by atoms with van der Waals surface area (Å²) in [4.78, 5) is 15.8. The Hall–Kier alpha value is -3.15. The summed E-state index contributed by atoms with van der Waals surface area (Å²) in [5.41, 5.74) is 3.94. The maximum absolute atomic E-state index is 11.1. The van der Waals surface area contributed by atoms with Crippen LogP contribution in [0.2, 0.25) is 0 Å². The molecule has 0 bridgehead atoms. The van der Waals surface area contributed by atoms with Crippen molar-refractivity contribution < 1.29 is 14.5 Å². The fourth-order valence-electron chi connectivity index (χ4n) is 3.13. The Morgan fingerprint density at radius 1 is 1.12 bits per heavy atom. The number of nitrogens with zero attached hydrogens (tertiary/aromatic N) is 4. The molecule has 24 heavy (non-hydrogen) atoms. The van der Waals surface area contributed by atoms with E-state index in [1.54, 1.807) is 4.57 Å². The van der Waals surface area contributed by atoms with Crippen molar-refractivity contribution in [3.8, 4) is 0 Å². The highest BCUT2D eigenvalue weighted by molar-refractivity contribution is 5.76. The minimum absolute atomic E-state index is 0.0595. The van der Waals surface area contributed by atoms with Crippen LogP contribution in [0.5, 0.6) is 0 Å². The van der Waals surface area contributed by atoms with Crippen LogP contribution in [0.3, 0.4) is 0 Å². The molecule has 1 N–H and O–H groups in total. The fourth-order valence-corrected chi connectivity index (χ4v) is 3.13. The van der Waals surface area contributed by atoms with Crippen LogP contribution in [0.4, 0.5) is 0 Å². The molecule has 0 aliphatic heterocycles. The predicted octanol–water partition coefficient (Wildman–Crippen LogP) is 1.95. The van der Waals surface area contributed by atoms with E-state index in [0.29, 0.717) is 6.54 Å². The Bertz CT molecular complexity index is 1060. The van der Waals surface area contributed by atoms with Gasteiger partial charge in [-0.05, 0) is 24.3 Å². The minimum Gasteiger partial charge on any atom is -0.478 e. The molecule has 0 saturated heterocycles. The molecule has 2 aromatic carbocycles. The van der Waals surface area contributed by atoms with Gasteiger partial charge in [0.1, 0.15) is 6.54 Å². The second-order valence-corrected chi connectivity index (χ2v) is 5.83. The van der Waals surface area contributed by atoms with E-state index in [1.807, 2.05) is 66.5 Å². The number of carboxylic acid groups (broad SMARTS) is 1. The SMILES string of the molecule is Cn1c(C[n+]2cn(CC(=O)O)c3ccccc32)nc2ccccc21. The number of carbonyl (C=O) groups is 1. The van der Waals surface area contributed by atoms with Gasteiger partial charge in [0, 0.05) is 7.05 Å². The maximum Gasteiger partial charge on any atom is 0.346 e. The molecule has 4 aromatic rings. The molecule has 2 heterocycles. The van der Waals surface area contributed by atoms with Gasteiger partial charge in [0.25, 0.3) is 0 Å². The van der Waals surface area contributed by atoms with Crippen LogP contribution in [0.25, 0.3) is 22.1 Å². The monoisotopic (exact) mass is 321 g/mol. The van der Waals surface area contributed by atoms with E-state index in [-0.39, 0.29) is 6.54 Å². The summed E-state index contributed by atoms with van der Waals surface area (Å²) in [6, 6.07) is 15.8. The number of benzene rings is 2. The molecule has 0 fully saturated rings. The maximum atomic E-state index is 11.1. The number of carboxylic acids is 1. The molecule has 0 saturated carbocycles. The van der Waals surface area contributed by atoms with Gasteiger partial charge in [-0.2, -0.15) is 0 Å². The van der Waals surface area contributed by atoms with E-state index in [9.17, 15) is 4.79 Å². The Balaban J connectivity index is 1.81. The Labute approximate surface area is 138 Å². The highest BCUT2D eigenvalue weighted by Crippen LogP contribution is 2.15. The van der Waals surface area contributed by atoms with Crippen molar-refractivity contribution in [2.75, 3.05) is 0 Å². The van der Waals surface area contributed by atoms with Crippen molar-refractivity contribution in [2.24, 2.45) is 7.05 Å². The van der Waals surface area contributed by atoms with E-state index in [4.69, 9.17) is 10.1 Å². The summed E-state index contributed by atoms with van der Waals surface area (Å²) in [5, 5.41) is 9.12. The van der Waals surface area contributed by atoms with Gasteiger partial charge in [0.2, 0.25) is 6.33 Å². The van der Waals surface area contributed by atoms with Gasteiger partial charge in [-0.25, -0.2) is 18.9 Å². The summed E-state index contributed by atoms with van der Waals surface area (Å²) < 4.78 is 5.87. The van der Waals surface area contributed by atoms with Crippen LogP contribution in [0.1, 0.15) is 5.82 Å². The lowest BCUT2D eigenvalue weighted by Crippen LogP contribution is -2.34. The first kappa shape index (κ1) is 14.4. The smallest absolute Gasteiger partial charge is 0.346 e. The summed E-state index contributed by atoms with van der Waals surface area (Å²) in [5.74, 6) is 0.0741. The van der Waals surface area contributed by atoms with Crippen molar-refractivity contribution in [3.05, 3.63) is 60.7 Å². The van der Waals surface area contributed by atoms with E-state index >= 15 is 0 Å². The van der Waals surface area contributed by atoms with Crippen LogP contribution < -0.4 is 4.57 Å². The van der Waals surface area contributed by atoms with Gasteiger partial charge in [0.15, 0.2) is 23.4 Å². The number of fused-ring (bicyclic) bond motifs is 2. The molecular weight excluding hydrogens is 304 g/mol. The van der Waals surface area contributed by atoms with Gasteiger partial charge in [-0.3, -0.25) is 0 Å². The van der Waals surface area contributed by atoms with Gasteiger partial charge in [-0.1, -0.05) is 24.3 Å². The summed E-state index contributed by atoms with van der Waals surface area (Å²) in [7, 11) is 2.00. The Morgan fingerprint density at radius 3 is 2.58 bits per heavy atom. The van der Waals surface area contributed by atoms with Gasteiger partial charge >= 0.3 is 5.97 Å². The van der Waals surface area contributed by atoms with Crippen LogP contribution in [0.15, 0.2) is 54.9 Å². The summed E-state index contributed by atoms with van der Waals surface area (Å²) in [6.07, 6.45) is 1.85. The molecule has 0 aliphatic rings. The van der Waals surface area contributed by atoms with Crippen molar-refractivity contribution in [2.45, 2.75) is 13.1 Å². The molecule has 0 spiro atoms. The zero-order valence-corrected chi connectivity index (χ0v) is 13.3. The standard InChI is InChI=1S/C18H16N4O2/c1-20-14-7-3-2-6-13(14)19-17(20)10-21-12-22(11-18(23)24)16-9-5-4-8-15(16)21/h2-9,12H,10-11H2,1H3/p+1. The third-order valence-electron chi connectivity index (χ3n) is 4.28. The predicted molar refractivity (Wildman–Crippen MR) is 89.6 cm³/mol. The van der Waals surface area contributed by atoms with Gasteiger partial charge in [-0.15, -0.1) is 0 Å². The zero-order chi connectivity index (χ0) is 16.7.